The topological polar surface area (TPSA) is 55.8 Å². The Morgan fingerprint density at radius 1 is 0.446 bits per heavy atom. The number of rotatable bonds is 46. The van der Waals surface area contributed by atoms with Crippen molar-refractivity contribution in [3.63, 3.8) is 0 Å². The lowest BCUT2D eigenvalue weighted by Gasteiger charge is -2.16. The van der Waals surface area contributed by atoms with Crippen LogP contribution in [0.25, 0.3) is 0 Å². The molecule has 0 aromatic rings. The highest BCUT2D eigenvalue weighted by molar-refractivity contribution is 5.69. The molecule has 0 radical (unpaired) electrons. The second kappa shape index (κ2) is 49.5. The van der Waals surface area contributed by atoms with Crippen molar-refractivity contribution in [3.05, 3.63) is 48.6 Å². The zero-order valence-electron chi connectivity index (χ0n) is 37.7. The van der Waals surface area contributed by atoms with E-state index in [1.807, 2.05) is 0 Å². The first-order valence-electron chi connectivity index (χ1n) is 24.7. The van der Waals surface area contributed by atoms with Crippen molar-refractivity contribution in [1.29, 1.82) is 0 Å². The van der Waals surface area contributed by atoms with Crippen LogP contribution in [0.15, 0.2) is 48.6 Å². The van der Waals surface area contributed by atoms with Crippen molar-refractivity contribution in [3.8, 4) is 0 Å². The molecule has 0 saturated carbocycles. The van der Waals surface area contributed by atoms with Crippen molar-refractivity contribution in [2.75, 3.05) is 19.8 Å². The lowest BCUT2D eigenvalue weighted by Crippen LogP contribution is -2.27. The number of unbranched alkanes of at least 4 members (excludes halogenated alkanes) is 30. The molecule has 0 rings (SSSR count). The number of allylic oxidation sites excluding steroid dienone is 8. The van der Waals surface area contributed by atoms with Crippen LogP contribution in [0.1, 0.15) is 251 Å². The van der Waals surface area contributed by atoms with Gasteiger partial charge in [-0.05, 0) is 51.4 Å². The lowest BCUT2D eigenvalue weighted by molar-refractivity contribution is -0.154. The maximum Gasteiger partial charge on any atom is 0.306 e. The molecule has 1 N–H and O–H groups in total. The summed E-state index contributed by atoms with van der Waals surface area (Å²) < 4.78 is 11.2. The summed E-state index contributed by atoms with van der Waals surface area (Å²) in [6.07, 6.45) is 64.8. The molecule has 0 aliphatic rings. The summed E-state index contributed by atoms with van der Waals surface area (Å²) in [5, 5.41) is 9.64. The van der Waals surface area contributed by atoms with Gasteiger partial charge in [-0.15, -0.1) is 0 Å². The van der Waals surface area contributed by atoms with Gasteiger partial charge in [-0.3, -0.25) is 4.79 Å². The van der Waals surface area contributed by atoms with E-state index in [1.165, 1.54) is 186 Å². The van der Waals surface area contributed by atoms with Crippen LogP contribution in [0.2, 0.25) is 0 Å². The molecule has 0 aliphatic heterocycles. The molecule has 0 saturated heterocycles. The van der Waals surface area contributed by atoms with Crippen molar-refractivity contribution in [1.82, 2.24) is 0 Å². The first kappa shape index (κ1) is 54.3. The lowest BCUT2D eigenvalue weighted by atomic mass is 10.0. The van der Waals surface area contributed by atoms with Crippen molar-refractivity contribution >= 4 is 5.97 Å². The predicted molar refractivity (Wildman–Crippen MR) is 247 cm³/mol. The molecule has 0 spiro atoms. The Hall–Kier alpha value is -1.65. The molecule has 4 heteroatoms. The zero-order chi connectivity index (χ0) is 40.5. The predicted octanol–water partition coefficient (Wildman–Crippen LogP) is 16.6. The average molecular weight is 785 g/mol. The summed E-state index contributed by atoms with van der Waals surface area (Å²) >= 11 is 0. The molecular weight excluding hydrogens is 689 g/mol. The third-order valence-electron chi connectivity index (χ3n) is 10.9. The number of aliphatic hydroxyl groups excluding tert-OH is 1. The van der Waals surface area contributed by atoms with Gasteiger partial charge in [0.05, 0.1) is 13.2 Å². The molecule has 0 bridgehead atoms. The van der Waals surface area contributed by atoms with Gasteiger partial charge in [0.2, 0.25) is 0 Å². The van der Waals surface area contributed by atoms with E-state index in [-0.39, 0.29) is 12.6 Å². The second-order valence-corrected chi connectivity index (χ2v) is 16.5. The number of aliphatic hydroxyl groups is 1. The first-order valence-corrected chi connectivity index (χ1v) is 24.7. The van der Waals surface area contributed by atoms with Crippen molar-refractivity contribution in [2.45, 2.75) is 258 Å². The average Bonchev–Trinajstić information content (AvgIpc) is 3.20. The van der Waals surface area contributed by atoms with Crippen LogP contribution >= 0.6 is 0 Å². The molecule has 328 valence electrons. The SMILES string of the molecule is CC/C=C\C/C=C\C/C=C\C/C=C\CCCCCCCCCCCOCC(CO)OC(=O)CCCCCCCCCCCCCCCCCCCCCCCC. The molecule has 4 nitrogen and oxygen atoms in total. The standard InChI is InChI=1S/C52H96O4/c1-3-5-7-9-11-13-15-17-19-21-23-25-27-29-31-33-35-37-39-41-43-45-47-52(54)56-51(49-53)50-55-48-46-44-42-40-38-36-34-32-30-28-26-24-22-20-18-16-14-12-10-8-6-4-2/h6,8,12,14,18,20,24,26,51,53H,3-5,7,9-11,13,15-17,19,21-23,25,27-50H2,1-2H3/b8-6-,14-12-,20-18-,26-24-. The Kier molecular flexibility index (Phi) is 48.0. The van der Waals surface area contributed by atoms with Crippen LogP contribution in [0.5, 0.6) is 0 Å². The largest absolute Gasteiger partial charge is 0.457 e. The summed E-state index contributed by atoms with van der Waals surface area (Å²) in [4.78, 5) is 12.3. The highest BCUT2D eigenvalue weighted by atomic mass is 16.6. The van der Waals surface area contributed by atoms with E-state index in [9.17, 15) is 9.90 Å². The van der Waals surface area contributed by atoms with Crippen LogP contribution in [0.4, 0.5) is 0 Å². The maximum atomic E-state index is 12.3. The molecule has 0 aromatic heterocycles. The van der Waals surface area contributed by atoms with Crippen molar-refractivity contribution < 1.29 is 19.4 Å². The van der Waals surface area contributed by atoms with Gasteiger partial charge >= 0.3 is 5.97 Å². The maximum absolute atomic E-state index is 12.3. The Morgan fingerprint density at radius 3 is 1.21 bits per heavy atom. The monoisotopic (exact) mass is 785 g/mol. The third kappa shape index (κ3) is 46.7. The van der Waals surface area contributed by atoms with E-state index in [1.54, 1.807) is 0 Å². The number of carbonyl (C=O) groups excluding carboxylic acids is 1. The molecule has 0 aromatic carbocycles. The fourth-order valence-corrected chi connectivity index (χ4v) is 7.26. The number of esters is 1. The van der Waals surface area contributed by atoms with E-state index >= 15 is 0 Å². The highest BCUT2D eigenvalue weighted by Gasteiger charge is 2.13. The van der Waals surface area contributed by atoms with Gasteiger partial charge in [0.1, 0.15) is 6.10 Å². The fraction of sp³-hybridized carbons (Fsp3) is 0.827. The van der Waals surface area contributed by atoms with E-state index in [4.69, 9.17) is 9.47 Å². The summed E-state index contributed by atoms with van der Waals surface area (Å²) in [6, 6.07) is 0. The third-order valence-corrected chi connectivity index (χ3v) is 10.9. The van der Waals surface area contributed by atoms with Gasteiger partial charge in [0.25, 0.3) is 0 Å². The number of hydrogen-bond acceptors (Lipinski definition) is 4. The molecule has 1 atom stereocenters. The van der Waals surface area contributed by atoms with Crippen LogP contribution in [0.3, 0.4) is 0 Å². The van der Waals surface area contributed by atoms with Crippen LogP contribution in [0, 0.1) is 0 Å². The van der Waals surface area contributed by atoms with Crippen molar-refractivity contribution in [2.24, 2.45) is 0 Å². The molecule has 56 heavy (non-hydrogen) atoms. The summed E-state index contributed by atoms with van der Waals surface area (Å²) in [5.41, 5.74) is 0. The van der Waals surface area contributed by atoms with Crippen LogP contribution < -0.4 is 0 Å². The highest BCUT2D eigenvalue weighted by Crippen LogP contribution is 2.16. The van der Waals surface area contributed by atoms with E-state index in [2.05, 4.69) is 62.5 Å². The smallest absolute Gasteiger partial charge is 0.306 e. The van der Waals surface area contributed by atoms with Gasteiger partial charge < -0.3 is 14.6 Å². The number of hydrogen-bond donors (Lipinski definition) is 1. The summed E-state index contributed by atoms with van der Waals surface area (Å²) in [5.74, 6) is -0.199. The Morgan fingerprint density at radius 2 is 0.804 bits per heavy atom. The molecule has 0 fully saturated rings. The molecule has 1 unspecified atom stereocenters. The van der Waals surface area contributed by atoms with Crippen LogP contribution in [-0.2, 0) is 14.3 Å². The van der Waals surface area contributed by atoms with Gasteiger partial charge in [0, 0.05) is 13.0 Å². The van der Waals surface area contributed by atoms with E-state index in [0.29, 0.717) is 19.6 Å². The van der Waals surface area contributed by atoms with Gasteiger partial charge in [-0.25, -0.2) is 0 Å². The summed E-state index contributed by atoms with van der Waals surface area (Å²) in [6.45, 7) is 5.26. The normalized spacial score (nSPS) is 12.7. The Bertz CT molecular complexity index is 874. The minimum atomic E-state index is -0.537. The van der Waals surface area contributed by atoms with Gasteiger partial charge in [-0.2, -0.15) is 0 Å². The second-order valence-electron chi connectivity index (χ2n) is 16.5. The molecule has 0 aliphatic carbocycles. The number of ether oxygens (including phenoxy) is 2. The van der Waals surface area contributed by atoms with Crippen LogP contribution in [-0.4, -0.2) is 37.0 Å². The van der Waals surface area contributed by atoms with Gasteiger partial charge in [0.15, 0.2) is 0 Å². The molecule has 0 heterocycles. The Balaban J connectivity index is 3.40. The minimum Gasteiger partial charge on any atom is -0.457 e. The summed E-state index contributed by atoms with van der Waals surface area (Å²) in [7, 11) is 0. The van der Waals surface area contributed by atoms with Gasteiger partial charge in [-0.1, -0.05) is 242 Å². The van der Waals surface area contributed by atoms with E-state index in [0.717, 1.165) is 44.9 Å². The minimum absolute atomic E-state index is 0.172. The quantitative estimate of drug-likeness (QED) is 0.0379. The zero-order valence-corrected chi connectivity index (χ0v) is 37.7. The first-order chi connectivity index (χ1) is 27.7. The van der Waals surface area contributed by atoms with E-state index < -0.39 is 6.10 Å². The molecular formula is C52H96O4. The Labute approximate surface area is 350 Å². The fourth-order valence-electron chi connectivity index (χ4n) is 7.26. The molecule has 0 amide bonds. The number of carbonyl (C=O) groups is 1.